The lowest BCUT2D eigenvalue weighted by molar-refractivity contribution is 0.794. The molecule has 0 heterocycles. The fourth-order valence-electron chi connectivity index (χ4n) is 8.62. The van der Waals surface area contributed by atoms with Crippen molar-refractivity contribution in [3.8, 4) is 44.5 Å². The molecule has 0 bridgehead atoms. The molecular weight excluding hydrogens is 603 g/mol. The van der Waals surface area contributed by atoms with E-state index in [1.165, 1.54) is 66.8 Å². The summed E-state index contributed by atoms with van der Waals surface area (Å²) in [5.74, 6) is 0. The number of benzene rings is 8. The predicted molar refractivity (Wildman–Crippen MR) is 208 cm³/mol. The van der Waals surface area contributed by atoms with Crippen LogP contribution >= 0.6 is 0 Å². The first-order valence-electron chi connectivity index (χ1n) is 17.4. The van der Waals surface area contributed by atoms with E-state index in [9.17, 15) is 0 Å². The molecule has 0 unspecified atom stereocenters. The zero-order valence-corrected chi connectivity index (χ0v) is 27.5. The van der Waals surface area contributed by atoms with Gasteiger partial charge in [0.05, 0.1) is 11.1 Å². The molecule has 10 rings (SSSR count). The van der Waals surface area contributed by atoms with Gasteiger partial charge in [0, 0.05) is 16.9 Å². The van der Waals surface area contributed by atoms with Crippen molar-refractivity contribution in [1.29, 1.82) is 0 Å². The van der Waals surface area contributed by atoms with Crippen LogP contribution in [0.15, 0.2) is 200 Å². The first-order valence-corrected chi connectivity index (χ1v) is 17.4. The molecule has 0 N–H and O–H groups in total. The molecule has 1 heteroatoms. The lowest BCUT2D eigenvalue weighted by atomic mass is 9.70. The van der Waals surface area contributed by atoms with Gasteiger partial charge in [-0.2, -0.15) is 0 Å². The third-order valence-corrected chi connectivity index (χ3v) is 10.7. The second kappa shape index (κ2) is 11.3. The minimum Gasteiger partial charge on any atom is -0.310 e. The standard InChI is InChI=1S/C49H33N/c1-3-15-34(16-4-1)35-27-29-37(30-28-35)50(48-26-14-10-19-39(48)36-17-5-2-6-18-36)38-31-32-47-43(33-38)42-22-9-13-25-46(42)49(47)44-23-11-7-20-40(44)41-21-8-12-24-45(41)49/h1-33H. The normalized spacial score (nSPS) is 13.0. The molecule has 0 saturated carbocycles. The Labute approximate surface area is 293 Å². The zero-order chi connectivity index (χ0) is 33.1. The number of rotatable bonds is 5. The molecule has 0 aliphatic heterocycles. The molecule has 0 saturated heterocycles. The SMILES string of the molecule is c1ccc(-c2ccc(N(c3ccc4c(c3)-c3ccccc3C43c4ccccc4-c4ccccc43)c3ccccc3-c3ccccc3)cc2)cc1. The monoisotopic (exact) mass is 635 g/mol. The van der Waals surface area contributed by atoms with Gasteiger partial charge in [0.1, 0.15) is 0 Å². The largest absolute Gasteiger partial charge is 0.310 e. The van der Waals surface area contributed by atoms with Crippen LogP contribution in [0.1, 0.15) is 22.3 Å². The molecule has 0 radical (unpaired) electrons. The van der Waals surface area contributed by atoms with Crippen LogP contribution in [-0.4, -0.2) is 0 Å². The summed E-state index contributed by atoms with van der Waals surface area (Å²) in [7, 11) is 0. The van der Waals surface area contributed by atoms with E-state index in [0.29, 0.717) is 0 Å². The van der Waals surface area contributed by atoms with Crippen molar-refractivity contribution in [2.45, 2.75) is 5.41 Å². The second-order valence-electron chi connectivity index (χ2n) is 13.2. The van der Waals surface area contributed by atoms with Gasteiger partial charge in [-0.3, -0.25) is 0 Å². The Morgan fingerprint density at radius 3 is 1.30 bits per heavy atom. The van der Waals surface area contributed by atoms with E-state index in [1.54, 1.807) is 0 Å². The van der Waals surface area contributed by atoms with Crippen LogP contribution in [0, 0.1) is 0 Å². The summed E-state index contributed by atoms with van der Waals surface area (Å²) in [6.07, 6.45) is 0. The molecule has 2 aliphatic rings. The van der Waals surface area contributed by atoms with E-state index in [1.807, 2.05) is 0 Å². The molecule has 1 nitrogen and oxygen atoms in total. The van der Waals surface area contributed by atoms with Gasteiger partial charge >= 0.3 is 0 Å². The van der Waals surface area contributed by atoms with Crippen LogP contribution in [0.2, 0.25) is 0 Å². The average molecular weight is 636 g/mol. The first-order chi connectivity index (χ1) is 24.8. The maximum atomic E-state index is 2.43. The maximum Gasteiger partial charge on any atom is 0.0725 e. The Kier molecular flexibility index (Phi) is 6.47. The minimum absolute atomic E-state index is 0.359. The quantitative estimate of drug-likeness (QED) is 0.182. The molecule has 0 amide bonds. The first kappa shape index (κ1) is 28.6. The van der Waals surface area contributed by atoms with E-state index in [-0.39, 0.29) is 5.41 Å². The van der Waals surface area contributed by atoms with Gasteiger partial charge in [0.25, 0.3) is 0 Å². The molecule has 2 aliphatic carbocycles. The molecule has 50 heavy (non-hydrogen) atoms. The smallest absolute Gasteiger partial charge is 0.0725 e. The van der Waals surface area contributed by atoms with Crippen LogP contribution in [0.4, 0.5) is 17.1 Å². The van der Waals surface area contributed by atoms with Crippen LogP contribution in [-0.2, 0) is 5.41 Å². The average Bonchev–Trinajstić information content (AvgIpc) is 3.66. The Balaban J connectivity index is 1.21. The topological polar surface area (TPSA) is 3.24 Å². The van der Waals surface area contributed by atoms with Gasteiger partial charge in [-0.15, -0.1) is 0 Å². The number of anilines is 3. The zero-order valence-electron chi connectivity index (χ0n) is 27.5. The Morgan fingerprint density at radius 2 is 0.700 bits per heavy atom. The lowest BCUT2D eigenvalue weighted by Gasteiger charge is -2.31. The van der Waals surface area contributed by atoms with Gasteiger partial charge < -0.3 is 4.90 Å². The van der Waals surface area contributed by atoms with Crippen molar-refractivity contribution in [2.75, 3.05) is 4.90 Å². The summed E-state index contributed by atoms with van der Waals surface area (Å²) in [6.45, 7) is 0. The molecule has 234 valence electrons. The van der Waals surface area contributed by atoms with E-state index in [4.69, 9.17) is 0 Å². The van der Waals surface area contributed by atoms with Crippen molar-refractivity contribution in [2.24, 2.45) is 0 Å². The van der Waals surface area contributed by atoms with Crippen molar-refractivity contribution in [1.82, 2.24) is 0 Å². The predicted octanol–water partition coefficient (Wildman–Crippen LogP) is 12.8. The number of hydrogen-bond acceptors (Lipinski definition) is 1. The highest BCUT2D eigenvalue weighted by atomic mass is 15.1. The lowest BCUT2D eigenvalue weighted by Crippen LogP contribution is -2.25. The summed E-state index contributed by atoms with van der Waals surface area (Å²) in [5.41, 5.74) is 18.5. The summed E-state index contributed by atoms with van der Waals surface area (Å²) >= 11 is 0. The Bertz CT molecular complexity index is 2480. The fraction of sp³-hybridized carbons (Fsp3) is 0.0204. The van der Waals surface area contributed by atoms with Crippen LogP contribution in [0.5, 0.6) is 0 Å². The molecule has 0 fully saturated rings. The second-order valence-corrected chi connectivity index (χ2v) is 13.2. The molecule has 8 aromatic carbocycles. The summed E-state index contributed by atoms with van der Waals surface area (Å²) < 4.78 is 0. The minimum atomic E-state index is -0.359. The molecule has 8 aromatic rings. The molecular formula is C49H33N. The van der Waals surface area contributed by atoms with Crippen LogP contribution < -0.4 is 4.90 Å². The third-order valence-electron chi connectivity index (χ3n) is 10.7. The third kappa shape index (κ3) is 4.14. The molecule has 0 aromatic heterocycles. The van der Waals surface area contributed by atoms with E-state index in [2.05, 4.69) is 205 Å². The number of nitrogens with zero attached hydrogens (tertiary/aromatic N) is 1. The number of hydrogen-bond donors (Lipinski definition) is 0. The fourth-order valence-corrected chi connectivity index (χ4v) is 8.62. The van der Waals surface area contributed by atoms with E-state index >= 15 is 0 Å². The van der Waals surface area contributed by atoms with Crippen molar-refractivity contribution < 1.29 is 0 Å². The van der Waals surface area contributed by atoms with Crippen LogP contribution in [0.25, 0.3) is 44.5 Å². The maximum absolute atomic E-state index is 2.43. The van der Waals surface area contributed by atoms with Crippen LogP contribution in [0.3, 0.4) is 0 Å². The van der Waals surface area contributed by atoms with Gasteiger partial charge in [0.15, 0.2) is 0 Å². The van der Waals surface area contributed by atoms with Crippen molar-refractivity contribution in [3.63, 3.8) is 0 Å². The van der Waals surface area contributed by atoms with E-state index < -0.39 is 0 Å². The van der Waals surface area contributed by atoms with Gasteiger partial charge in [-0.1, -0.05) is 170 Å². The highest BCUT2D eigenvalue weighted by Crippen LogP contribution is 2.63. The van der Waals surface area contributed by atoms with Crippen molar-refractivity contribution >= 4 is 17.1 Å². The Morgan fingerprint density at radius 1 is 0.280 bits per heavy atom. The van der Waals surface area contributed by atoms with Gasteiger partial charge in [0.2, 0.25) is 0 Å². The summed E-state index contributed by atoms with van der Waals surface area (Å²) in [6, 6.07) is 73.3. The highest BCUT2D eigenvalue weighted by molar-refractivity contribution is 5.97. The molecule has 1 spiro atoms. The van der Waals surface area contributed by atoms with Gasteiger partial charge in [-0.25, -0.2) is 0 Å². The van der Waals surface area contributed by atoms with Gasteiger partial charge in [-0.05, 0) is 91.5 Å². The Hall–Kier alpha value is -6.44. The summed E-state index contributed by atoms with van der Waals surface area (Å²) in [5, 5.41) is 0. The number of fused-ring (bicyclic) bond motifs is 10. The molecule has 0 atom stereocenters. The van der Waals surface area contributed by atoms with Crippen molar-refractivity contribution in [3.05, 3.63) is 222 Å². The van der Waals surface area contributed by atoms with E-state index in [0.717, 1.165) is 17.1 Å². The summed E-state index contributed by atoms with van der Waals surface area (Å²) in [4.78, 5) is 2.43. The number of para-hydroxylation sites is 1. The highest BCUT2D eigenvalue weighted by Gasteiger charge is 2.51.